The third-order valence-electron chi connectivity index (χ3n) is 6.04. The number of amides is 2. The van der Waals surface area contributed by atoms with Gasteiger partial charge in [0.05, 0.1) is 21.8 Å². The smallest absolute Gasteiger partial charge is 0.229 e. The van der Waals surface area contributed by atoms with Crippen LogP contribution in [0.15, 0.2) is 66.7 Å². The van der Waals surface area contributed by atoms with Crippen molar-refractivity contribution in [3.05, 3.63) is 66.7 Å². The largest absolute Gasteiger partial charge is 0.486 e. The predicted molar refractivity (Wildman–Crippen MR) is 132 cm³/mol. The van der Waals surface area contributed by atoms with Crippen molar-refractivity contribution in [3.63, 3.8) is 0 Å². The van der Waals surface area contributed by atoms with Crippen molar-refractivity contribution >= 4 is 44.7 Å². The van der Waals surface area contributed by atoms with E-state index in [1.54, 1.807) is 28.4 Å². The number of thiazole rings is 1. The van der Waals surface area contributed by atoms with E-state index in [1.807, 2.05) is 54.6 Å². The number of rotatable bonds is 4. The van der Waals surface area contributed by atoms with Gasteiger partial charge in [0.25, 0.3) is 0 Å². The Kier molecular flexibility index (Phi) is 5.15. The monoisotopic (exact) mass is 471 g/mol. The van der Waals surface area contributed by atoms with Crippen LogP contribution in [0.2, 0.25) is 0 Å². The van der Waals surface area contributed by atoms with Gasteiger partial charge in [-0.15, -0.1) is 11.3 Å². The van der Waals surface area contributed by atoms with Gasteiger partial charge in [0.15, 0.2) is 11.5 Å². The number of anilines is 2. The summed E-state index contributed by atoms with van der Waals surface area (Å²) < 4.78 is 12.3. The SMILES string of the molecule is O=C(Nc1ccccc1-c1nc2ccccc2s1)[C@@H]1CC(=O)N(c2ccc3c(c2)OCCO3)C1. The minimum Gasteiger partial charge on any atom is -0.486 e. The summed E-state index contributed by atoms with van der Waals surface area (Å²) in [5, 5.41) is 3.89. The molecule has 0 bridgehead atoms. The second-order valence-electron chi connectivity index (χ2n) is 8.25. The highest BCUT2D eigenvalue weighted by atomic mass is 32.1. The van der Waals surface area contributed by atoms with Crippen molar-refractivity contribution in [1.82, 2.24) is 4.98 Å². The topological polar surface area (TPSA) is 80.8 Å². The van der Waals surface area contributed by atoms with Crippen LogP contribution in [0.1, 0.15) is 6.42 Å². The molecule has 3 heterocycles. The molecule has 0 spiro atoms. The van der Waals surface area contributed by atoms with Gasteiger partial charge < -0.3 is 19.7 Å². The average Bonchev–Trinajstić information content (AvgIpc) is 3.48. The lowest BCUT2D eigenvalue weighted by molar-refractivity contribution is -0.122. The molecular weight excluding hydrogens is 450 g/mol. The minimum absolute atomic E-state index is 0.0868. The fourth-order valence-corrected chi connectivity index (χ4v) is 5.34. The molecule has 1 atom stereocenters. The lowest BCUT2D eigenvalue weighted by Gasteiger charge is -2.22. The number of hydrogen-bond donors (Lipinski definition) is 1. The molecule has 0 saturated carbocycles. The molecule has 0 aliphatic carbocycles. The van der Waals surface area contributed by atoms with Crippen LogP contribution >= 0.6 is 11.3 Å². The molecule has 2 aliphatic heterocycles. The third kappa shape index (κ3) is 3.76. The van der Waals surface area contributed by atoms with E-state index >= 15 is 0 Å². The molecule has 34 heavy (non-hydrogen) atoms. The lowest BCUT2D eigenvalue weighted by atomic mass is 10.1. The van der Waals surface area contributed by atoms with Crippen LogP contribution in [0.5, 0.6) is 11.5 Å². The Morgan fingerprint density at radius 2 is 1.79 bits per heavy atom. The Bertz CT molecular complexity index is 1380. The number of carbonyl (C=O) groups is 2. The number of nitrogens with zero attached hydrogens (tertiary/aromatic N) is 2. The normalized spacial score (nSPS) is 17.2. The Morgan fingerprint density at radius 3 is 2.68 bits per heavy atom. The first-order valence-corrected chi connectivity index (χ1v) is 11.9. The Morgan fingerprint density at radius 1 is 1.00 bits per heavy atom. The van der Waals surface area contributed by atoms with Gasteiger partial charge in [-0.2, -0.15) is 0 Å². The number of nitrogens with one attached hydrogen (secondary N) is 1. The summed E-state index contributed by atoms with van der Waals surface area (Å²) in [4.78, 5) is 32.3. The van der Waals surface area contributed by atoms with E-state index in [9.17, 15) is 9.59 Å². The molecule has 3 aromatic carbocycles. The van der Waals surface area contributed by atoms with Crippen molar-refractivity contribution in [3.8, 4) is 22.1 Å². The van der Waals surface area contributed by atoms with E-state index < -0.39 is 5.92 Å². The van der Waals surface area contributed by atoms with E-state index in [1.165, 1.54) is 0 Å². The van der Waals surface area contributed by atoms with Crippen molar-refractivity contribution in [1.29, 1.82) is 0 Å². The molecule has 6 rings (SSSR count). The lowest BCUT2D eigenvalue weighted by Crippen LogP contribution is -2.28. The number of aromatic nitrogens is 1. The van der Waals surface area contributed by atoms with E-state index in [-0.39, 0.29) is 18.2 Å². The van der Waals surface area contributed by atoms with E-state index in [0.29, 0.717) is 42.6 Å². The van der Waals surface area contributed by atoms with Crippen molar-refractivity contribution in [2.24, 2.45) is 5.92 Å². The molecule has 1 N–H and O–H groups in total. The second kappa shape index (κ2) is 8.46. The van der Waals surface area contributed by atoms with Gasteiger partial charge in [0.2, 0.25) is 11.8 Å². The molecule has 1 saturated heterocycles. The molecule has 8 heteroatoms. The van der Waals surface area contributed by atoms with Gasteiger partial charge in [-0.05, 0) is 36.4 Å². The predicted octanol–water partition coefficient (Wildman–Crippen LogP) is 4.73. The van der Waals surface area contributed by atoms with Gasteiger partial charge in [-0.1, -0.05) is 24.3 Å². The van der Waals surface area contributed by atoms with Crippen LogP contribution in [0.4, 0.5) is 11.4 Å². The Hall–Kier alpha value is -3.91. The molecular formula is C26H21N3O4S. The highest BCUT2D eigenvalue weighted by Gasteiger charge is 2.36. The van der Waals surface area contributed by atoms with Crippen LogP contribution in [0.3, 0.4) is 0 Å². The first kappa shape index (κ1) is 20.7. The number of hydrogen-bond acceptors (Lipinski definition) is 6. The van der Waals surface area contributed by atoms with Gasteiger partial charge in [0.1, 0.15) is 18.2 Å². The van der Waals surface area contributed by atoms with Crippen LogP contribution in [0, 0.1) is 5.92 Å². The molecule has 1 fully saturated rings. The van der Waals surface area contributed by atoms with E-state index in [0.717, 1.165) is 20.8 Å². The first-order valence-electron chi connectivity index (χ1n) is 11.1. The zero-order valence-electron chi connectivity index (χ0n) is 18.2. The molecule has 4 aromatic rings. The molecule has 0 unspecified atom stereocenters. The highest BCUT2D eigenvalue weighted by Crippen LogP contribution is 2.37. The average molecular weight is 472 g/mol. The van der Waals surface area contributed by atoms with E-state index in [4.69, 9.17) is 14.5 Å². The van der Waals surface area contributed by atoms with E-state index in [2.05, 4.69) is 5.32 Å². The van der Waals surface area contributed by atoms with Crippen molar-refractivity contribution in [2.75, 3.05) is 30.0 Å². The number of fused-ring (bicyclic) bond motifs is 2. The number of benzene rings is 3. The third-order valence-corrected chi connectivity index (χ3v) is 7.11. The van der Waals surface area contributed by atoms with Gasteiger partial charge in [0, 0.05) is 30.3 Å². The summed E-state index contributed by atoms with van der Waals surface area (Å²) in [5.41, 5.74) is 3.20. The highest BCUT2D eigenvalue weighted by molar-refractivity contribution is 7.21. The molecule has 2 amide bonds. The standard InChI is InChI=1S/C26H21N3O4S/c30-24-13-16(15-29(24)17-9-10-21-22(14-17)33-12-11-32-21)25(31)27-19-6-2-1-5-18(19)26-28-20-7-3-4-8-23(20)34-26/h1-10,14,16H,11-13,15H2,(H,27,31)/t16-/m1/s1. The summed E-state index contributed by atoms with van der Waals surface area (Å²) in [6, 6.07) is 21.0. The fourth-order valence-electron chi connectivity index (χ4n) is 4.33. The molecule has 2 aliphatic rings. The summed E-state index contributed by atoms with van der Waals surface area (Å²) in [5.74, 6) is 0.568. The molecule has 7 nitrogen and oxygen atoms in total. The second-order valence-corrected chi connectivity index (χ2v) is 9.29. The molecule has 1 aromatic heterocycles. The maximum Gasteiger partial charge on any atom is 0.229 e. The summed E-state index contributed by atoms with van der Waals surface area (Å²) >= 11 is 1.59. The van der Waals surface area contributed by atoms with Crippen molar-refractivity contribution in [2.45, 2.75) is 6.42 Å². The Labute approximate surface area is 199 Å². The van der Waals surface area contributed by atoms with Gasteiger partial charge in [-0.3, -0.25) is 9.59 Å². The first-order chi connectivity index (χ1) is 16.7. The zero-order valence-corrected chi connectivity index (χ0v) is 19.0. The number of para-hydroxylation sites is 2. The van der Waals surface area contributed by atoms with Gasteiger partial charge >= 0.3 is 0 Å². The van der Waals surface area contributed by atoms with Crippen LogP contribution < -0.4 is 19.7 Å². The quantitative estimate of drug-likeness (QED) is 0.466. The summed E-state index contributed by atoms with van der Waals surface area (Å²) in [7, 11) is 0. The number of ether oxygens (including phenoxy) is 2. The van der Waals surface area contributed by atoms with Crippen LogP contribution in [-0.2, 0) is 9.59 Å². The zero-order chi connectivity index (χ0) is 23.1. The molecule has 170 valence electrons. The number of carbonyl (C=O) groups excluding carboxylic acids is 2. The van der Waals surface area contributed by atoms with Gasteiger partial charge in [-0.25, -0.2) is 4.98 Å². The fraction of sp³-hybridized carbons (Fsp3) is 0.192. The van der Waals surface area contributed by atoms with Crippen LogP contribution in [0.25, 0.3) is 20.8 Å². The summed E-state index contributed by atoms with van der Waals surface area (Å²) in [6.07, 6.45) is 0.156. The maximum absolute atomic E-state index is 13.2. The Balaban J connectivity index is 1.21. The molecule has 0 radical (unpaired) electrons. The van der Waals surface area contributed by atoms with Crippen LogP contribution in [-0.4, -0.2) is 36.6 Å². The maximum atomic E-state index is 13.2. The summed E-state index contributed by atoms with van der Waals surface area (Å²) in [6.45, 7) is 1.30. The van der Waals surface area contributed by atoms with Crippen molar-refractivity contribution < 1.29 is 19.1 Å². The minimum atomic E-state index is -0.455.